The summed E-state index contributed by atoms with van der Waals surface area (Å²) in [4.78, 5) is 14.3. The summed E-state index contributed by atoms with van der Waals surface area (Å²) in [6, 6.07) is 4.51. The molecule has 4 heteroatoms. The summed E-state index contributed by atoms with van der Waals surface area (Å²) in [5, 5.41) is 0. The van der Waals surface area contributed by atoms with Crippen LogP contribution in [0.5, 0.6) is 0 Å². The van der Waals surface area contributed by atoms with Crippen molar-refractivity contribution in [1.29, 1.82) is 0 Å². The monoisotopic (exact) mass is 264 g/mol. The molecule has 1 unspecified atom stereocenters. The third-order valence-electron chi connectivity index (χ3n) is 3.83. The maximum absolute atomic E-state index is 13.9. The lowest BCUT2D eigenvalue weighted by Crippen LogP contribution is -2.40. The Hall–Kier alpha value is -1.58. The molecule has 2 rings (SSSR count). The second kappa shape index (κ2) is 6.04. The Balaban J connectivity index is 2.25. The number of halogens is 1. The number of carbonyl (C=O) groups excluding carboxylic acids is 1. The molecule has 1 aromatic rings. The molecule has 0 radical (unpaired) electrons. The number of hydrogen-bond acceptors (Lipinski definition) is 2. The molecule has 3 nitrogen and oxygen atoms in total. The third-order valence-corrected chi connectivity index (χ3v) is 3.83. The molecule has 0 bridgehead atoms. The van der Waals surface area contributed by atoms with Crippen LogP contribution in [0, 0.1) is 5.82 Å². The molecule has 1 heterocycles. The molecule has 1 aromatic carbocycles. The molecule has 0 spiro atoms. The number of nitrogens with two attached hydrogens (primary N) is 1. The van der Waals surface area contributed by atoms with E-state index in [0.717, 1.165) is 38.6 Å². The summed E-state index contributed by atoms with van der Waals surface area (Å²) in [6.07, 6.45) is 5.22. The highest BCUT2D eigenvalue weighted by atomic mass is 19.1. The molecule has 1 fully saturated rings. The minimum atomic E-state index is -0.524. The van der Waals surface area contributed by atoms with Gasteiger partial charge in [0.05, 0.1) is 5.56 Å². The average molecular weight is 264 g/mol. The van der Waals surface area contributed by atoms with Gasteiger partial charge in [-0.2, -0.15) is 0 Å². The minimum absolute atomic E-state index is 0.134. The number of rotatable bonds is 2. The number of nitrogens with zero attached hydrogens (tertiary/aromatic N) is 1. The number of likely N-dealkylation sites (tertiary alicyclic amines) is 1. The highest BCUT2D eigenvalue weighted by molar-refractivity contribution is 5.95. The van der Waals surface area contributed by atoms with E-state index >= 15 is 0 Å². The van der Waals surface area contributed by atoms with Crippen molar-refractivity contribution in [3.63, 3.8) is 0 Å². The van der Waals surface area contributed by atoms with Crippen molar-refractivity contribution in [2.45, 2.75) is 45.1 Å². The highest BCUT2D eigenvalue weighted by Crippen LogP contribution is 2.23. The molecule has 1 atom stereocenters. The first-order valence-corrected chi connectivity index (χ1v) is 6.99. The molecule has 0 saturated carbocycles. The van der Waals surface area contributed by atoms with Gasteiger partial charge in [-0.3, -0.25) is 4.79 Å². The fraction of sp³-hybridized carbons (Fsp3) is 0.533. The van der Waals surface area contributed by atoms with Crippen molar-refractivity contribution in [2.24, 2.45) is 0 Å². The molecule has 0 aliphatic carbocycles. The average Bonchev–Trinajstić information content (AvgIpc) is 2.63. The van der Waals surface area contributed by atoms with Gasteiger partial charge in [-0.15, -0.1) is 0 Å². The highest BCUT2D eigenvalue weighted by Gasteiger charge is 2.26. The van der Waals surface area contributed by atoms with Crippen molar-refractivity contribution < 1.29 is 9.18 Å². The summed E-state index contributed by atoms with van der Waals surface area (Å²) in [7, 11) is 0. The quantitative estimate of drug-likeness (QED) is 0.834. The van der Waals surface area contributed by atoms with E-state index in [-0.39, 0.29) is 17.5 Å². The van der Waals surface area contributed by atoms with Crippen molar-refractivity contribution in [1.82, 2.24) is 4.90 Å². The molecular weight excluding hydrogens is 243 g/mol. The van der Waals surface area contributed by atoms with Gasteiger partial charge in [-0.05, 0) is 37.5 Å². The van der Waals surface area contributed by atoms with Crippen LogP contribution in [-0.2, 0) is 0 Å². The van der Waals surface area contributed by atoms with E-state index < -0.39 is 5.82 Å². The van der Waals surface area contributed by atoms with E-state index in [9.17, 15) is 9.18 Å². The zero-order chi connectivity index (χ0) is 13.8. The van der Waals surface area contributed by atoms with Crippen LogP contribution in [0.15, 0.2) is 18.2 Å². The van der Waals surface area contributed by atoms with E-state index in [1.54, 1.807) is 6.07 Å². The fourth-order valence-electron chi connectivity index (χ4n) is 2.73. The normalized spacial score (nSPS) is 20.1. The Labute approximate surface area is 113 Å². The molecule has 1 saturated heterocycles. The van der Waals surface area contributed by atoms with Crippen LogP contribution in [0.1, 0.15) is 49.4 Å². The van der Waals surface area contributed by atoms with Crippen LogP contribution in [0.25, 0.3) is 0 Å². The fourth-order valence-corrected chi connectivity index (χ4v) is 2.73. The van der Waals surface area contributed by atoms with Gasteiger partial charge in [0.1, 0.15) is 5.82 Å². The predicted octanol–water partition coefficient (Wildman–Crippen LogP) is 3.20. The Kier molecular flexibility index (Phi) is 4.40. The van der Waals surface area contributed by atoms with Crippen LogP contribution in [0.3, 0.4) is 0 Å². The van der Waals surface area contributed by atoms with Gasteiger partial charge < -0.3 is 10.6 Å². The predicted molar refractivity (Wildman–Crippen MR) is 74.4 cm³/mol. The Morgan fingerprint density at radius 3 is 2.89 bits per heavy atom. The van der Waals surface area contributed by atoms with Gasteiger partial charge in [-0.1, -0.05) is 19.8 Å². The standard InChI is InChI=1S/C15H21FN2O/c1-2-12-6-4-3-5-9-18(12)15(19)13-8-7-11(17)10-14(13)16/h7-8,10,12H,2-6,9,17H2,1H3. The molecule has 1 aliphatic rings. The Morgan fingerprint density at radius 1 is 1.42 bits per heavy atom. The van der Waals surface area contributed by atoms with Gasteiger partial charge in [0, 0.05) is 18.3 Å². The van der Waals surface area contributed by atoms with Gasteiger partial charge in [0.25, 0.3) is 5.91 Å². The van der Waals surface area contributed by atoms with Crippen LogP contribution < -0.4 is 5.73 Å². The number of amides is 1. The summed E-state index contributed by atoms with van der Waals surface area (Å²) in [5.74, 6) is -0.727. The number of hydrogen-bond donors (Lipinski definition) is 1. The van der Waals surface area contributed by atoms with Crippen LogP contribution >= 0.6 is 0 Å². The van der Waals surface area contributed by atoms with E-state index in [1.165, 1.54) is 12.1 Å². The first kappa shape index (κ1) is 13.8. The second-order valence-electron chi connectivity index (χ2n) is 5.15. The van der Waals surface area contributed by atoms with Gasteiger partial charge >= 0.3 is 0 Å². The lowest BCUT2D eigenvalue weighted by molar-refractivity contribution is 0.0673. The summed E-state index contributed by atoms with van der Waals surface area (Å²) in [6.45, 7) is 2.80. The van der Waals surface area contributed by atoms with Crippen LogP contribution in [0.4, 0.5) is 10.1 Å². The second-order valence-corrected chi connectivity index (χ2v) is 5.15. The first-order valence-electron chi connectivity index (χ1n) is 6.99. The topological polar surface area (TPSA) is 46.3 Å². The SMILES string of the molecule is CCC1CCCCCN1C(=O)c1ccc(N)cc1F. The Bertz CT molecular complexity index is 461. The van der Waals surface area contributed by atoms with Crippen LogP contribution in [-0.4, -0.2) is 23.4 Å². The lowest BCUT2D eigenvalue weighted by atomic mass is 10.1. The molecule has 1 amide bonds. The van der Waals surface area contributed by atoms with Gasteiger partial charge in [-0.25, -0.2) is 4.39 Å². The Morgan fingerprint density at radius 2 is 2.21 bits per heavy atom. The van der Waals surface area contributed by atoms with E-state index in [0.29, 0.717) is 5.69 Å². The third kappa shape index (κ3) is 3.06. The van der Waals surface area contributed by atoms with Crippen molar-refractivity contribution in [3.05, 3.63) is 29.6 Å². The molecule has 0 aromatic heterocycles. The summed E-state index contributed by atoms with van der Waals surface area (Å²) < 4.78 is 13.9. The van der Waals surface area contributed by atoms with Gasteiger partial charge in [0.2, 0.25) is 0 Å². The maximum Gasteiger partial charge on any atom is 0.257 e. The molecule has 104 valence electrons. The number of anilines is 1. The van der Waals surface area contributed by atoms with Crippen LogP contribution in [0.2, 0.25) is 0 Å². The largest absolute Gasteiger partial charge is 0.399 e. The van der Waals surface area contributed by atoms with E-state index in [1.807, 2.05) is 4.90 Å². The minimum Gasteiger partial charge on any atom is -0.399 e. The van der Waals surface area contributed by atoms with Crippen molar-refractivity contribution in [2.75, 3.05) is 12.3 Å². The van der Waals surface area contributed by atoms with E-state index in [4.69, 9.17) is 5.73 Å². The molecule has 19 heavy (non-hydrogen) atoms. The smallest absolute Gasteiger partial charge is 0.257 e. The number of benzene rings is 1. The lowest BCUT2D eigenvalue weighted by Gasteiger charge is -2.29. The number of nitrogen functional groups attached to an aromatic ring is 1. The van der Waals surface area contributed by atoms with E-state index in [2.05, 4.69) is 6.92 Å². The zero-order valence-corrected chi connectivity index (χ0v) is 11.4. The van der Waals surface area contributed by atoms with Crippen molar-refractivity contribution >= 4 is 11.6 Å². The zero-order valence-electron chi connectivity index (χ0n) is 11.4. The first-order chi connectivity index (χ1) is 9.13. The molecule has 1 aliphatic heterocycles. The molecular formula is C15H21FN2O. The number of carbonyl (C=O) groups is 1. The molecule has 2 N–H and O–H groups in total. The summed E-state index contributed by atoms with van der Waals surface area (Å²) >= 11 is 0. The summed E-state index contributed by atoms with van der Waals surface area (Å²) in [5.41, 5.74) is 6.00. The van der Waals surface area contributed by atoms with Gasteiger partial charge in [0.15, 0.2) is 0 Å². The van der Waals surface area contributed by atoms with Crippen molar-refractivity contribution in [3.8, 4) is 0 Å². The maximum atomic E-state index is 13.9.